The number of ether oxygens (including phenoxy) is 3. The topological polar surface area (TPSA) is 143 Å². The summed E-state index contributed by atoms with van der Waals surface area (Å²) in [6.07, 6.45) is -10.5. The molecule has 0 unspecified atom stereocenters. The number of nitrogens with one attached hydrogen (secondary N) is 1. The molecular weight excluding hydrogens is 558 g/mol. The van der Waals surface area contributed by atoms with E-state index in [0.717, 1.165) is 0 Å². The molecule has 3 N–H and O–H groups in total. The van der Waals surface area contributed by atoms with Crippen LogP contribution in [0.5, 0.6) is 0 Å². The SMILES string of the molecule is CCOC(=O)c1sc(N)nc1C(F)(F)F.CCOC(=O)c1sc(NC(=O)OC(C)(C)C)nc1C(F)(F)F. The van der Waals surface area contributed by atoms with Crippen LogP contribution >= 0.6 is 22.7 Å². The third kappa shape index (κ3) is 10.0. The van der Waals surface area contributed by atoms with Gasteiger partial charge in [0.15, 0.2) is 21.7 Å². The van der Waals surface area contributed by atoms with Crippen molar-refractivity contribution in [3.8, 4) is 0 Å². The number of thiazole rings is 2. The van der Waals surface area contributed by atoms with Crippen molar-refractivity contribution in [1.82, 2.24) is 9.97 Å². The van der Waals surface area contributed by atoms with Crippen molar-refractivity contribution >= 4 is 51.0 Å². The Morgan fingerprint density at radius 3 is 1.68 bits per heavy atom. The minimum absolute atomic E-state index is 0.00602. The van der Waals surface area contributed by atoms with Gasteiger partial charge in [0, 0.05) is 0 Å². The number of carbonyl (C=O) groups is 3. The summed E-state index contributed by atoms with van der Waals surface area (Å²) in [5, 5.41) is 1.35. The van der Waals surface area contributed by atoms with Gasteiger partial charge in [-0.25, -0.2) is 24.4 Å². The Balaban J connectivity index is 0.000000397. The monoisotopic (exact) mass is 580 g/mol. The normalized spacial score (nSPS) is 11.8. The minimum atomic E-state index is -4.84. The molecule has 0 aliphatic carbocycles. The van der Waals surface area contributed by atoms with Crippen LogP contribution in [-0.4, -0.2) is 46.8 Å². The van der Waals surface area contributed by atoms with Gasteiger partial charge < -0.3 is 19.9 Å². The zero-order valence-electron chi connectivity index (χ0n) is 19.9. The molecule has 18 heteroatoms. The van der Waals surface area contributed by atoms with E-state index in [4.69, 9.17) is 10.5 Å². The van der Waals surface area contributed by atoms with E-state index in [1.807, 2.05) is 0 Å². The maximum absolute atomic E-state index is 12.9. The summed E-state index contributed by atoms with van der Waals surface area (Å²) in [5.41, 5.74) is 1.60. The lowest BCUT2D eigenvalue weighted by molar-refractivity contribution is -0.141. The highest BCUT2D eigenvalue weighted by Gasteiger charge is 2.41. The van der Waals surface area contributed by atoms with Crippen LogP contribution in [0.1, 0.15) is 65.3 Å². The zero-order chi connectivity index (χ0) is 28.8. The third-order valence-corrected chi connectivity index (χ3v) is 5.15. The molecule has 0 saturated heterocycles. The first-order chi connectivity index (χ1) is 16.8. The van der Waals surface area contributed by atoms with Gasteiger partial charge in [-0.15, -0.1) is 0 Å². The number of anilines is 2. The number of nitrogens with zero attached hydrogens (tertiary/aromatic N) is 2. The van der Waals surface area contributed by atoms with Crippen molar-refractivity contribution in [3.63, 3.8) is 0 Å². The molecule has 0 aliphatic rings. The Bertz CT molecular complexity index is 1110. The second-order valence-electron chi connectivity index (χ2n) is 7.49. The summed E-state index contributed by atoms with van der Waals surface area (Å²) in [4.78, 5) is 39.2. The Labute approximate surface area is 214 Å². The molecule has 0 spiro atoms. The summed E-state index contributed by atoms with van der Waals surface area (Å²) >= 11 is 0.833. The smallest absolute Gasteiger partial charge is 0.435 e. The molecule has 2 aromatic heterocycles. The van der Waals surface area contributed by atoms with Crippen molar-refractivity contribution in [2.24, 2.45) is 0 Å². The molecule has 2 rings (SSSR count). The number of esters is 2. The lowest BCUT2D eigenvalue weighted by Gasteiger charge is -2.18. The average Bonchev–Trinajstić information content (AvgIpc) is 3.31. The molecule has 0 aromatic carbocycles. The van der Waals surface area contributed by atoms with Gasteiger partial charge in [0.25, 0.3) is 0 Å². The van der Waals surface area contributed by atoms with E-state index in [1.165, 1.54) is 13.8 Å². The van der Waals surface area contributed by atoms with Gasteiger partial charge in [0.05, 0.1) is 13.2 Å². The highest BCUT2D eigenvalue weighted by molar-refractivity contribution is 7.17. The predicted molar refractivity (Wildman–Crippen MR) is 120 cm³/mol. The fourth-order valence-corrected chi connectivity index (χ4v) is 3.77. The second-order valence-corrected chi connectivity index (χ2v) is 9.52. The Morgan fingerprint density at radius 1 is 0.838 bits per heavy atom. The van der Waals surface area contributed by atoms with Crippen molar-refractivity contribution in [1.29, 1.82) is 0 Å². The Morgan fingerprint density at radius 2 is 1.27 bits per heavy atom. The zero-order valence-corrected chi connectivity index (χ0v) is 21.6. The van der Waals surface area contributed by atoms with Crippen LogP contribution in [-0.2, 0) is 26.6 Å². The first kappa shape index (κ1) is 31.9. The molecule has 2 heterocycles. The highest BCUT2D eigenvalue weighted by atomic mass is 32.1. The first-order valence-electron chi connectivity index (χ1n) is 10.1. The molecule has 1 amide bonds. The third-order valence-electron chi connectivity index (χ3n) is 3.34. The van der Waals surface area contributed by atoms with Gasteiger partial charge in [-0.1, -0.05) is 22.7 Å². The lowest BCUT2D eigenvalue weighted by atomic mass is 10.2. The minimum Gasteiger partial charge on any atom is -0.462 e. The number of nitrogens with two attached hydrogens (primary N) is 1. The molecule has 0 bridgehead atoms. The van der Waals surface area contributed by atoms with Crippen molar-refractivity contribution in [2.75, 3.05) is 24.3 Å². The quantitative estimate of drug-likeness (QED) is 0.262. The lowest BCUT2D eigenvalue weighted by Crippen LogP contribution is -2.27. The molecule has 2 aromatic rings. The fraction of sp³-hybridized carbons (Fsp3) is 0.526. The van der Waals surface area contributed by atoms with E-state index in [1.54, 1.807) is 20.8 Å². The van der Waals surface area contributed by atoms with Crippen LogP contribution < -0.4 is 11.1 Å². The molecule has 37 heavy (non-hydrogen) atoms. The summed E-state index contributed by atoms with van der Waals surface area (Å²) < 4.78 is 89.5. The average molecular weight is 581 g/mol. The summed E-state index contributed by atoms with van der Waals surface area (Å²) in [7, 11) is 0. The molecule has 0 aliphatic heterocycles. The van der Waals surface area contributed by atoms with Crippen molar-refractivity contribution in [2.45, 2.75) is 52.6 Å². The summed E-state index contributed by atoms with van der Waals surface area (Å²) in [6.45, 7) is 7.66. The molecule has 0 saturated carbocycles. The highest BCUT2D eigenvalue weighted by Crippen LogP contribution is 2.37. The number of rotatable bonds is 5. The number of amides is 1. The molecular formula is C19H22F6N4O6S2. The molecule has 0 atom stereocenters. The second kappa shape index (κ2) is 12.4. The summed E-state index contributed by atoms with van der Waals surface area (Å²) in [6, 6.07) is 0. The van der Waals surface area contributed by atoms with Gasteiger partial charge in [0.1, 0.15) is 15.4 Å². The van der Waals surface area contributed by atoms with Crippen molar-refractivity contribution < 1.29 is 54.9 Å². The first-order valence-corrected chi connectivity index (χ1v) is 11.7. The maximum Gasteiger partial charge on any atom is 0.435 e. The van der Waals surface area contributed by atoms with Gasteiger partial charge >= 0.3 is 30.4 Å². The van der Waals surface area contributed by atoms with Crippen LogP contribution in [0.4, 0.5) is 41.4 Å². The van der Waals surface area contributed by atoms with E-state index >= 15 is 0 Å². The van der Waals surface area contributed by atoms with Crippen LogP contribution in [0.25, 0.3) is 0 Å². The number of halogens is 6. The van der Waals surface area contributed by atoms with Gasteiger partial charge in [0.2, 0.25) is 0 Å². The van der Waals surface area contributed by atoms with E-state index in [2.05, 4.69) is 24.8 Å². The van der Waals surface area contributed by atoms with Crippen LogP contribution in [0.2, 0.25) is 0 Å². The number of aromatic nitrogens is 2. The molecule has 208 valence electrons. The van der Waals surface area contributed by atoms with Crippen molar-refractivity contribution in [3.05, 3.63) is 21.1 Å². The van der Waals surface area contributed by atoms with E-state index in [9.17, 15) is 40.7 Å². The van der Waals surface area contributed by atoms with E-state index in [-0.39, 0.29) is 18.3 Å². The number of carbonyl (C=O) groups excluding carboxylic acids is 3. The largest absolute Gasteiger partial charge is 0.462 e. The Kier molecular flexibility index (Phi) is 10.7. The summed E-state index contributed by atoms with van der Waals surface area (Å²) in [5.74, 6) is -2.21. The molecule has 10 nitrogen and oxygen atoms in total. The number of nitrogen functional groups attached to an aromatic ring is 1. The number of hydrogen-bond acceptors (Lipinski definition) is 11. The van der Waals surface area contributed by atoms with Gasteiger partial charge in [-0.05, 0) is 34.6 Å². The van der Waals surface area contributed by atoms with Gasteiger partial charge in [-0.2, -0.15) is 26.3 Å². The van der Waals surface area contributed by atoms with Crippen LogP contribution in [0, 0.1) is 0 Å². The number of hydrogen-bond donors (Lipinski definition) is 2. The standard InChI is InChI=1S/C12H15F3N2O4S.C7H7F3N2O2S/c1-5-20-8(18)6-7(12(13,14)15)16-9(22-6)17-10(19)21-11(2,3)4;1-2-14-5(13)3-4(7(8,9)10)12-6(11)15-3/h5H2,1-4H3,(H,16,17,19);2H2,1H3,(H2,11,12). The van der Waals surface area contributed by atoms with E-state index in [0.29, 0.717) is 22.7 Å². The van der Waals surface area contributed by atoms with Crippen LogP contribution in [0.3, 0.4) is 0 Å². The fourth-order valence-electron chi connectivity index (χ4n) is 2.16. The molecule has 0 fully saturated rings. The maximum atomic E-state index is 12.9. The Hall–Kier alpha value is -3.15. The van der Waals surface area contributed by atoms with Crippen LogP contribution in [0.15, 0.2) is 0 Å². The predicted octanol–water partition coefficient (Wildman–Crippen LogP) is 5.61. The van der Waals surface area contributed by atoms with Gasteiger partial charge in [-0.3, -0.25) is 5.32 Å². The number of alkyl halides is 6. The van der Waals surface area contributed by atoms with E-state index < -0.39 is 62.3 Å². The molecule has 0 radical (unpaired) electrons.